The highest BCUT2D eigenvalue weighted by Gasteiger charge is 2.20. The molecule has 2 aromatic rings. The second-order valence-electron chi connectivity index (χ2n) is 6.43. The Balaban J connectivity index is 2.06. The van der Waals surface area contributed by atoms with Gasteiger partial charge in [-0.1, -0.05) is 26.0 Å². The standard InChI is InChI=1S/C18H25N5O3/c1-4-23(15(24)9-20-18(26)16(19)11(2)3)10-14-21-13-8-6-5-7-12(13)17(25)22-14/h5-8,11,16H,4,9-10,19H2,1-3H3,(H,20,26)(H,21,22,25)/t16-/m0/s1. The molecule has 1 heterocycles. The highest BCUT2D eigenvalue weighted by atomic mass is 16.2. The number of rotatable bonds is 7. The third-order valence-electron chi connectivity index (χ3n) is 4.17. The Kier molecular flexibility index (Phi) is 6.46. The second kappa shape index (κ2) is 8.57. The molecule has 0 saturated heterocycles. The van der Waals surface area contributed by atoms with Crippen molar-refractivity contribution in [1.29, 1.82) is 0 Å². The highest BCUT2D eigenvalue weighted by Crippen LogP contribution is 2.07. The van der Waals surface area contributed by atoms with Crippen LogP contribution in [0.5, 0.6) is 0 Å². The van der Waals surface area contributed by atoms with Crippen LogP contribution in [-0.4, -0.2) is 45.8 Å². The molecule has 0 fully saturated rings. The van der Waals surface area contributed by atoms with E-state index in [2.05, 4.69) is 15.3 Å². The van der Waals surface area contributed by atoms with Crippen molar-refractivity contribution < 1.29 is 9.59 Å². The average Bonchev–Trinajstić information content (AvgIpc) is 2.63. The highest BCUT2D eigenvalue weighted by molar-refractivity contribution is 5.87. The molecule has 0 aliphatic rings. The van der Waals surface area contributed by atoms with Crippen LogP contribution in [0.25, 0.3) is 10.9 Å². The SMILES string of the molecule is CCN(Cc1nc2ccccc2c(=O)[nH]1)C(=O)CNC(=O)[C@@H](N)C(C)C. The summed E-state index contributed by atoms with van der Waals surface area (Å²) in [7, 11) is 0. The second-order valence-corrected chi connectivity index (χ2v) is 6.43. The number of amides is 2. The number of para-hydroxylation sites is 1. The molecule has 0 aliphatic heterocycles. The zero-order valence-corrected chi connectivity index (χ0v) is 15.3. The molecule has 140 valence electrons. The number of fused-ring (bicyclic) bond motifs is 1. The van der Waals surface area contributed by atoms with Gasteiger partial charge in [-0.05, 0) is 25.0 Å². The number of benzene rings is 1. The minimum atomic E-state index is -0.656. The van der Waals surface area contributed by atoms with Crippen molar-refractivity contribution in [3.05, 3.63) is 40.4 Å². The zero-order valence-electron chi connectivity index (χ0n) is 15.3. The fourth-order valence-electron chi connectivity index (χ4n) is 2.46. The van der Waals surface area contributed by atoms with Gasteiger partial charge in [-0.2, -0.15) is 0 Å². The molecule has 8 heteroatoms. The average molecular weight is 359 g/mol. The van der Waals surface area contributed by atoms with E-state index in [1.54, 1.807) is 24.3 Å². The summed E-state index contributed by atoms with van der Waals surface area (Å²) in [6, 6.07) is 6.36. The Bertz CT molecular complexity index is 846. The Labute approximate surface area is 151 Å². The van der Waals surface area contributed by atoms with Gasteiger partial charge in [0.25, 0.3) is 5.56 Å². The molecule has 1 aromatic carbocycles. The van der Waals surface area contributed by atoms with E-state index in [1.165, 1.54) is 4.90 Å². The van der Waals surface area contributed by atoms with Crippen LogP contribution in [0.4, 0.5) is 0 Å². The fraction of sp³-hybridized carbons (Fsp3) is 0.444. The minimum Gasteiger partial charge on any atom is -0.346 e. The van der Waals surface area contributed by atoms with Crippen LogP contribution in [0, 0.1) is 5.92 Å². The van der Waals surface area contributed by atoms with E-state index in [0.29, 0.717) is 23.3 Å². The van der Waals surface area contributed by atoms with Crippen LogP contribution >= 0.6 is 0 Å². The number of hydrogen-bond donors (Lipinski definition) is 3. The number of H-pyrrole nitrogens is 1. The van der Waals surface area contributed by atoms with Crippen molar-refractivity contribution in [2.24, 2.45) is 11.7 Å². The van der Waals surface area contributed by atoms with Crippen LogP contribution in [0.2, 0.25) is 0 Å². The molecular formula is C18H25N5O3. The first kappa shape index (κ1) is 19.6. The normalized spacial score (nSPS) is 12.2. The van der Waals surface area contributed by atoms with Crippen molar-refractivity contribution in [1.82, 2.24) is 20.2 Å². The molecule has 0 radical (unpaired) electrons. The maximum Gasteiger partial charge on any atom is 0.258 e. The summed E-state index contributed by atoms with van der Waals surface area (Å²) < 4.78 is 0. The number of aromatic amines is 1. The van der Waals surface area contributed by atoms with E-state index >= 15 is 0 Å². The van der Waals surface area contributed by atoms with E-state index in [9.17, 15) is 14.4 Å². The molecule has 0 bridgehead atoms. The van der Waals surface area contributed by atoms with Crippen molar-refractivity contribution in [2.45, 2.75) is 33.4 Å². The van der Waals surface area contributed by atoms with Gasteiger partial charge < -0.3 is 20.9 Å². The summed E-state index contributed by atoms with van der Waals surface area (Å²) >= 11 is 0. The lowest BCUT2D eigenvalue weighted by Gasteiger charge is -2.21. The van der Waals surface area contributed by atoms with Gasteiger partial charge in [-0.25, -0.2) is 4.98 Å². The Morgan fingerprint density at radius 3 is 2.65 bits per heavy atom. The molecular weight excluding hydrogens is 334 g/mol. The largest absolute Gasteiger partial charge is 0.346 e. The van der Waals surface area contributed by atoms with Crippen LogP contribution < -0.4 is 16.6 Å². The summed E-state index contributed by atoms with van der Waals surface area (Å²) in [6.07, 6.45) is 0. The maximum atomic E-state index is 12.4. The number of nitrogens with zero attached hydrogens (tertiary/aromatic N) is 2. The predicted molar refractivity (Wildman–Crippen MR) is 99.3 cm³/mol. The third-order valence-corrected chi connectivity index (χ3v) is 4.17. The lowest BCUT2D eigenvalue weighted by atomic mass is 10.1. The lowest BCUT2D eigenvalue weighted by molar-refractivity contribution is -0.133. The van der Waals surface area contributed by atoms with Gasteiger partial charge in [-0.3, -0.25) is 14.4 Å². The smallest absolute Gasteiger partial charge is 0.258 e. The minimum absolute atomic E-state index is 0.0146. The fourth-order valence-corrected chi connectivity index (χ4v) is 2.46. The number of carbonyl (C=O) groups excluding carboxylic acids is 2. The molecule has 0 aliphatic carbocycles. The van der Waals surface area contributed by atoms with Gasteiger partial charge in [0.05, 0.1) is 30.0 Å². The molecule has 2 rings (SSSR count). The van der Waals surface area contributed by atoms with Gasteiger partial charge in [0.15, 0.2) is 0 Å². The molecule has 0 unspecified atom stereocenters. The van der Waals surface area contributed by atoms with Gasteiger partial charge in [0.2, 0.25) is 11.8 Å². The van der Waals surface area contributed by atoms with E-state index in [0.717, 1.165) is 0 Å². The van der Waals surface area contributed by atoms with Crippen LogP contribution in [0.15, 0.2) is 29.1 Å². The van der Waals surface area contributed by atoms with E-state index in [4.69, 9.17) is 5.73 Å². The molecule has 4 N–H and O–H groups in total. The molecule has 1 atom stereocenters. The van der Waals surface area contributed by atoms with E-state index < -0.39 is 6.04 Å². The van der Waals surface area contributed by atoms with Crippen molar-refractivity contribution in [2.75, 3.05) is 13.1 Å². The summed E-state index contributed by atoms with van der Waals surface area (Å²) in [5.41, 5.74) is 6.09. The van der Waals surface area contributed by atoms with E-state index in [1.807, 2.05) is 20.8 Å². The van der Waals surface area contributed by atoms with Gasteiger partial charge in [0.1, 0.15) is 5.82 Å². The predicted octanol–water partition coefficient (Wildman–Crippen LogP) is 0.371. The zero-order chi connectivity index (χ0) is 19.3. The Hall–Kier alpha value is -2.74. The molecule has 0 spiro atoms. The molecule has 2 amide bonds. The van der Waals surface area contributed by atoms with Crippen LogP contribution in [-0.2, 0) is 16.1 Å². The van der Waals surface area contributed by atoms with Crippen LogP contribution in [0.3, 0.4) is 0 Å². The summed E-state index contributed by atoms with van der Waals surface area (Å²) in [4.78, 5) is 45.0. The number of hydrogen-bond acceptors (Lipinski definition) is 5. The van der Waals surface area contributed by atoms with Crippen molar-refractivity contribution in [3.63, 3.8) is 0 Å². The molecule has 26 heavy (non-hydrogen) atoms. The van der Waals surface area contributed by atoms with Crippen molar-refractivity contribution >= 4 is 22.7 Å². The Morgan fingerprint density at radius 1 is 1.31 bits per heavy atom. The first-order chi connectivity index (χ1) is 12.3. The van der Waals surface area contributed by atoms with Crippen LogP contribution in [0.1, 0.15) is 26.6 Å². The quantitative estimate of drug-likeness (QED) is 0.659. The number of nitrogens with two attached hydrogens (primary N) is 1. The number of nitrogens with one attached hydrogen (secondary N) is 2. The molecule has 8 nitrogen and oxygen atoms in total. The Morgan fingerprint density at radius 2 is 2.00 bits per heavy atom. The van der Waals surface area contributed by atoms with Gasteiger partial charge >= 0.3 is 0 Å². The summed E-state index contributed by atoms with van der Waals surface area (Å²) in [6.45, 7) is 5.92. The first-order valence-corrected chi connectivity index (χ1v) is 8.62. The molecule has 1 aromatic heterocycles. The van der Waals surface area contributed by atoms with E-state index in [-0.39, 0.29) is 36.4 Å². The number of carbonyl (C=O) groups is 2. The van der Waals surface area contributed by atoms with Gasteiger partial charge in [-0.15, -0.1) is 0 Å². The first-order valence-electron chi connectivity index (χ1n) is 8.62. The van der Waals surface area contributed by atoms with Crippen molar-refractivity contribution in [3.8, 4) is 0 Å². The summed E-state index contributed by atoms with van der Waals surface area (Å²) in [5, 5.41) is 3.06. The number of likely N-dealkylation sites (N-methyl/N-ethyl adjacent to an activating group) is 1. The number of aromatic nitrogens is 2. The lowest BCUT2D eigenvalue weighted by Crippen LogP contribution is -2.47. The van der Waals surface area contributed by atoms with Gasteiger partial charge in [0, 0.05) is 6.54 Å². The topological polar surface area (TPSA) is 121 Å². The summed E-state index contributed by atoms with van der Waals surface area (Å²) in [5.74, 6) is -0.248. The monoisotopic (exact) mass is 359 g/mol. The third kappa shape index (κ3) is 4.66. The molecule has 0 saturated carbocycles. The maximum absolute atomic E-state index is 12.4.